The Bertz CT molecular complexity index is 1370. The van der Waals surface area contributed by atoms with Crippen molar-refractivity contribution in [1.29, 1.82) is 0 Å². The van der Waals surface area contributed by atoms with Crippen molar-refractivity contribution in [3.8, 4) is 0 Å². The molecule has 4 aromatic rings. The molecule has 1 saturated carbocycles. The Kier molecular flexibility index (Phi) is 7.05. The van der Waals surface area contributed by atoms with Crippen molar-refractivity contribution in [3.63, 3.8) is 0 Å². The minimum absolute atomic E-state index is 0.164. The molecule has 1 fully saturated rings. The SMILES string of the molecule is CCOC(=O)C1(Sc2ccnc3ccc(F)cc23)CCC1.Fc1ccc2[nH]ccc(=S)c2c1. The average molecular weight is 485 g/mol. The topological polar surface area (TPSA) is 55.0 Å². The maximum atomic E-state index is 13.5. The number of aromatic nitrogens is 2. The predicted octanol–water partition coefficient (Wildman–Crippen LogP) is 6.99. The van der Waals surface area contributed by atoms with Crippen LogP contribution in [0.3, 0.4) is 0 Å². The van der Waals surface area contributed by atoms with Gasteiger partial charge < -0.3 is 9.72 Å². The lowest BCUT2D eigenvalue weighted by Gasteiger charge is -2.38. The normalized spacial score (nSPS) is 14.3. The van der Waals surface area contributed by atoms with Crippen LogP contribution in [0.4, 0.5) is 8.78 Å². The summed E-state index contributed by atoms with van der Waals surface area (Å²) in [5.41, 5.74) is 1.60. The summed E-state index contributed by atoms with van der Waals surface area (Å²) in [5.74, 6) is -0.716. The number of benzene rings is 2. The first-order valence-corrected chi connectivity index (χ1v) is 11.8. The number of carbonyl (C=O) groups is 1. The van der Waals surface area contributed by atoms with E-state index in [0.717, 1.165) is 46.0 Å². The molecule has 0 atom stereocenters. The van der Waals surface area contributed by atoms with Gasteiger partial charge in [0.25, 0.3) is 0 Å². The highest BCUT2D eigenvalue weighted by Gasteiger charge is 2.46. The minimum Gasteiger partial charge on any atom is -0.465 e. The van der Waals surface area contributed by atoms with E-state index in [1.807, 2.05) is 13.0 Å². The fourth-order valence-electron chi connectivity index (χ4n) is 3.64. The molecular formula is C25H22F2N2O2S2. The van der Waals surface area contributed by atoms with Crippen LogP contribution in [0.1, 0.15) is 26.2 Å². The van der Waals surface area contributed by atoms with E-state index in [0.29, 0.717) is 11.1 Å². The quantitative estimate of drug-likeness (QED) is 0.250. The summed E-state index contributed by atoms with van der Waals surface area (Å²) in [6.07, 6.45) is 6.07. The van der Waals surface area contributed by atoms with Crippen molar-refractivity contribution in [1.82, 2.24) is 9.97 Å². The number of H-pyrrole nitrogens is 1. The number of thioether (sulfide) groups is 1. The van der Waals surface area contributed by atoms with Gasteiger partial charge in [-0.25, -0.2) is 8.78 Å². The first-order chi connectivity index (χ1) is 15.9. The number of aromatic amines is 1. The van der Waals surface area contributed by atoms with Crippen LogP contribution in [0.2, 0.25) is 0 Å². The molecule has 170 valence electrons. The summed E-state index contributed by atoms with van der Waals surface area (Å²) >= 11 is 6.51. The third-order valence-electron chi connectivity index (χ3n) is 5.50. The van der Waals surface area contributed by atoms with Crippen LogP contribution in [-0.2, 0) is 9.53 Å². The Morgan fingerprint density at radius 1 is 1.12 bits per heavy atom. The molecule has 0 amide bonds. The Balaban J connectivity index is 0.000000183. The number of pyridine rings is 2. The molecule has 1 aliphatic rings. The number of nitrogens with one attached hydrogen (secondary N) is 1. The molecule has 1 N–H and O–H groups in total. The number of hydrogen-bond acceptors (Lipinski definition) is 5. The molecule has 2 aromatic carbocycles. The van der Waals surface area contributed by atoms with Gasteiger partial charge >= 0.3 is 5.97 Å². The molecular weight excluding hydrogens is 462 g/mol. The van der Waals surface area contributed by atoms with E-state index >= 15 is 0 Å². The van der Waals surface area contributed by atoms with Gasteiger partial charge in [-0.05, 0) is 74.7 Å². The highest BCUT2D eigenvalue weighted by molar-refractivity contribution is 8.01. The van der Waals surface area contributed by atoms with Gasteiger partial charge in [-0.2, -0.15) is 0 Å². The monoisotopic (exact) mass is 484 g/mol. The summed E-state index contributed by atoms with van der Waals surface area (Å²) in [6, 6.07) is 12.6. The standard InChI is InChI=1S/C16H16FNO2S.C9H6FNS/c1-2-20-15(19)16(7-3-8-16)21-14-6-9-18-13-5-4-11(17)10-12(13)14;10-6-1-2-8-7(5-6)9(12)3-4-11-8/h4-6,9-10H,2-3,7-8H2,1H3;1-5H,(H,11,12). The molecule has 0 saturated heterocycles. The van der Waals surface area contributed by atoms with Crippen LogP contribution in [0, 0.1) is 16.1 Å². The van der Waals surface area contributed by atoms with Crippen molar-refractivity contribution < 1.29 is 18.3 Å². The van der Waals surface area contributed by atoms with Crippen LogP contribution in [0.15, 0.2) is 65.8 Å². The molecule has 0 unspecified atom stereocenters. The second kappa shape index (κ2) is 9.97. The van der Waals surface area contributed by atoms with Crippen molar-refractivity contribution in [3.05, 3.63) is 77.1 Å². The second-order valence-corrected chi connectivity index (χ2v) is 9.54. The van der Waals surface area contributed by atoms with E-state index in [9.17, 15) is 13.6 Å². The molecule has 2 aromatic heterocycles. The summed E-state index contributed by atoms with van der Waals surface area (Å²) in [4.78, 5) is 20.3. The van der Waals surface area contributed by atoms with Gasteiger partial charge in [0.15, 0.2) is 0 Å². The zero-order valence-electron chi connectivity index (χ0n) is 17.9. The van der Waals surface area contributed by atoms with Crippen molar-refractivity contribution in [2.75, 3.05) is 6.61 Å². The maximum Gasteiger partial charge on any atom is 0.322 e. The van der Waals surface area contributed by atoms with Gasteiger partial charge in [-0.15, -0.1) is 11.8 Å². The Hall–Kier alpha value is -2.84. The predicted molar refractivity (Wildman–Crippen MR) is 130 cm³/mol. The van der Waals surface area contributed by atoms with Crippen LogP contribution >= 0.6 is 24.0 Å². The average Bonchev–Trinajstić information content (AvgIpc) is 2.77. The number of hydrogen-bond donors (Lipinski definition) is 1. The van der Waals surface area contributed by atoms with Gasteiger partial charge in [0.05, 0.1) is 12.1 Å². The highest BCUT2D eigenvalue weighted by Crippen LogP contribution is 2.49. The fraction of sp³-hybridized carbons (Fsp3) is 0.240. The van der Waals surface area contributed by atoms with Crippen molar-refractivity contribution in [2.24, 2.45) is 0 Å². The van der Waals surface area contributed by atoms with Crippen molar-refractivity contribution >= 4 is 51.8 Å². The molecule has 5 rings (SSSR count). The van der Waals surface area contributed by atoms with Gasteiger partial charge in [0, 0.05) is 38.1 Å². The number of esters is 1. The molecule has 2 heterocycles. The number of ether oxygens (including phenoxy) is 1. The lowest BCUT2D eigenvalue weighted by atomic mass is 9.84. The number of halogens is 2. The van der Waals surface area contributed by atoms with Crippen LogP contribution in [-0.4, -0.2) is 27.3 Å². The molecule has 0 bridgehead atoms. The van der Waals surface area contributed by atoms with E-state index in [-0.39, 0.29) is 17.6 Å². The molecule has 0 radical (unpaired) electrons. The zero-order valence-corrected chi connectivity index (χ0v) is 19.6. The van der Waals surface area contributed by atoms with E-state index in [4.69, 9.17) is 17.0 Å². The van der Waals surface area contributed by atoms with Gasteiger partial charge in [0.2, 0.25) is 0 Å². The van der Waals surface area contributed by atoms with E-state index in [1.165, 1.54) is 36.0 Å². The number of fused-ring (bicyclic) bond motifs is 2. The smallest absolute Gasteiger partial charge is 0.322 e. The summed E-state index contributed by atoms with van der Waals surface area (Å²) in [5, 5.41) is 1.51. The van der Waals surface area contributed by atoms with E-state index in [1.54, 1.807) is 30.6 Å². The third kappa shape index (κ3) is 5.07. The number of carbonyl (C=O) groups excluding carboxylic acids is 1. The summed E-state index contributed by atoms with van der Waals surface area (Å²) < 4.78 is 31.6. The molecule has 1 aliphatic carbocycles. The lowest BCUT2D eigenvalue weighted by molar-refractivity contribution is -0.148. The minimum atomic E-state index is -0.517. The molecule has 33 heavy (non-hydrogen) atoms. The Morgan fingerprint density at radius 2 is 1.85 bits per heavy atom. The van der Waals surface area contributed by atoms with Gasteiger partial charge in [-0.3, -0.25) is 9.78 Å². The third-order valence-corrected chi connectivity index (χ3v) is 7.40. The Morgan fingerprint density at radius 3 is 2.55 bits per heavy atom. The van der Waals surface area contributed by atoms with Gasteiger partial charge in [0.1, 0.15) is 16.4 Å². The maximum absolute atomic E-state index is 13.5. The second-order valence-electron chi connectivity index (χ2n) is 7.67. The van der Waals surface area contributed by atoms with Crippen molar-refractivity contribution in [2.45, 2.75) is 35.8 Å². The Labute approximate surface area is 199 Å². The van der Waals surface area contributed by atoms with Gasteiger partial charge in [-0.1, -0.05) is 12.2 Å². The van der Waals surface area contributed by atoms with Crippen LogP contribution in [0.5, 0.6) is 0 Å². The number of rotatable bonds is 4. The molecule has 8 heteroatoms. The number of nitrogens with zero attached hydrogens (tertiary/aromatic N) is 1. The first-order valence-electron chi connectivity index (χ1n) is 10.6. The van der Waals surface area contributed by atoms with Crippen LogP contribution < -0.4 is 0 Å². The molecule has 4 nitrogen and oxygen atoms in total. The molecule has 0 aliphatic heterocycles. The van der Waals surface area contributed by atoms with E-state index < -0.39 is 4.75 Å². The first kappa shape index (κ1) is 23.3. The highest BCUT2D eigenvalue weighted by atomic mass is 32.2. The zero-order chi connectivity index (χ0) is 23.4. The largest absolute Gasteiger partial charge is 0.465 e. The summed E-state index contributed by atoms with van der Waals surface area (Å²) in [7, 11) is 0. The lowest BCUT2D eigenvalue weighted by Crippen LogP contribution is -2.43. The fourth-order valence-corrected chi connectivity index (χ4v) is 5.34. The van der Waals surface area contributed by atoms with Crippen LogP contribution in [0.25, 0.3) is 21.8 Å². The summed E-state index contributed by atoms with van der Waals surface area (Å²) in [6.45, 7) is 2.19. The van der Waals surface area contributed by atoms with E-state index in [2.05, 4.69) is 9.97 Å². The molecule has 0 spiro atoms.